The van der Waals surface area contributed by atoms with Crippen molar-refractivity contribution < 1.29 is 71.3 Å². The minimum Gasteiger partial charge on any atom is -1.00 e. The van der Waals surface area contributed by atoms with Crippen molar-refractivity contribution in [2.45, 2.75) is 41.5 Å². The van der Waals surface area contributed by atoms with Crippen LogP contribution < -0.4 is 49.6 Å². The Morgan fingerprint density at radius 2 is 0.500 bits per heavy atom. The number of rotatable bonds is 0. The van der Waals surface area contributed by atoms with E-state index in [4.69, 9.17) is 0 Å². The van der Waals surface area contributed by atoms with Crippen LogP contribution in [0.25, 0.3) is 0 Å². The molecule has 0 nitrogen and oxygen atoms in total. The molecule has 0 spiro atoms. The monoisotopic (exact) mass is 386 g/mol. The largest absolute Gasteiger partial charge is 3.00 e. The second-order valence-corrected chi connectivity index (χ2v) is 4.18. The third-order valence-corrected chi connectivity index (χ3v) is 0. The van der Waals surface area contributed by atoms with Crippen LogP contribution in [0.1, 0.15) is 41.5 Å². The summed E-state index contributed by atoms with van der Waals surface area (Å²) in [7, 11) is 0. The van der Waals surface area contributed by atoms with Gasteiger partial charge in [-0.05, 0) is 0 Å². The van der Waals surface area contributed by atoms with Gasteiger partial charge < -0.3 is 70.4 Å². The first kappa shape index (κ1) is 59.1. The molecule has 0 rings (SSSR count). The van der Waals surface area contributed by atoms with E-state index in [1.807, 2.05) is 0 Å². The average Bonchev–Trinajstić information content (AvgIpc) is 1.54. The van der Waals surface area contributed by atoms with Gasteiger partial charge in [0.1, 0.15) is 0 Å². The Hall–Kier alpha value is 2.41. The Morgan fingerprint density at radius 1 is 0.500 bits per heavy atom. The molecule has 0 aliphatic heterocycles. The molecule has 18 heavy (non-hydrogen) atoms. The van der Waals surface area contributed by atoms with Crippen molar-refractivity contribution in [3.63, 3.8) is 0 Å². The van der Waals surface area contributed by atoms with Crippen LogP contribution in [0.2, 0.25) is 0 Å². The van der Waals surface area contributed by atoms with Gasteiger partial charge >= 0.3 is 39.1 Å². The summed E-state index contributed by atoms with van der Waals surface area (Å²) in [5.41, 5.74) is 0. The Balaban J connectivity index is -0.00000000827. The summed E-state index contributed by atoms with van der Waals surface area (Å²) in [4.78, 5) is 0. The first-order chi connectivity index (χ1) is 5.20. The zero-order valence-corrected chi connectivity index (χ0v) is 18.2. The van der Waals surface area contributed by atoms with Gasteiger partial charge in [0, 0.05) is 0 Å². The maximum atomic E-state index is 3.64. The molecule has 0 bridgehead atoms. The first-order valence-electron chi connectivity index (χ1n) is 4.69. The van der Waals surface area contributed by atoms with Crippen molar-refractivity contribution in [3.8, 4) is 0 Å². The molecule has 6 heteroatoms. The van der Waals surface area contributed by atoms with Crippen LogP contribution in [-0.2, 0) is 21.7 Å². The smallest absolute Gasteiger partial charge is 1.00 e. The molecule has 0 aliphatic carbocycles. The van der Waals surface area contributed by atoms with E-state index in [1.54, 1.807) is 0 Å². The van der Waals surface area contributed by atoms with Crippen molar-refractivity contribution in [2.75, 3.05) is 0 Å². The summed E-state index contributed by atoms with van der Waals surface area (Å²) >= 11 is 0. The van der Waals surface area contributed by atoms with Crippen molar-refractivity contribution >= 4 is 17.4 Å². The molecule has 0 N–H and O–H groups in total. The van der Waals surface area contributed by atoms with Crippen LogP contribution >= 0.6 is 0 Å². The normalized spacial score (nSPS) is 6.00. The van der Waals surface area contributed by atoms with E-state index in [1.165, 1.54) is 0 Å². The van der Waals surface area contributed by atoms with E-state index in [0.717, 1.165) is 0 Å². The minimum absolute atomic E-state index is 0. The summed E-state index contributed by atoms with van der Waals surface area (Å²) < 4.78 is 0. The van der Waals surface area contributed by atoms with Gasteiger partial charge in [0.25, 0.3) is 0 Å². The van der Waals surface area contributed by atoms with Crippen LogP contribution in [-0.4, -0.2) is 17.4 Å². The van der Waals surface area contributed by atoms with E-state index in [9.17, 15) is 0 Å². The summed E-state index contributed by atoms with van der Waals surface area (Å²) in [6.07, 6.45) is 0. The van der Waals surface area contributed by atoms with E-state index in [0.29, 0.717) is 17.8 Å². The van der Waals surface area contributed by atoms with Gasteiger partial charge in [-0.25, -0.2) is 0 Å². The van der Waals surface area contributed by atoms with E-state index >= 15 is 0 Å². The standard InChI is InChI=1S/3C4H9.Al.4ClH.Ti/c3*1-4(2)3;;;;;;/h3*4H,1H2,2-3H3;;4*1H;/q3*-1;+3;;;;;+3/p-4. The zero-order valence-electron chi connectivity index (χ0n) is 12.4. The maximum Gasteiger partial charge on any atom is 3.00 e. The van der Waals surface area contributed by atoms with Crippen molar-refractivity contribution in [2.24, 2.45) is 17.8 Å². The molecule has 0 aromatic heterocycles. The molecule has 0 unspecified atom stereocenters. The topological polar surface area (TPSA) is 0 Å². The third kappa shape index (κ3) is 963. The Kier molecular flexibility index (Phi) is 166. The van der Waals surface area contributed by atoms with Gasteiger partial charge in [0.2, 0.25) is 0 Å². The molecule has 0 aromatic rings. The van der Waals surface area contributed by atoms with Gasteiger partial charge in [-0.1, -0.05) is 41.5 Å². The second-order valence-electron chi connectivity index (χ2n) is 4.18. The number of hydrogen-bond donors (Lipinski definition) is 0. The molecule has 0 heterocycles. The fraction of sp³-hybridized carbons (Fsp3) is 0.750. The predicted molar refractivity (Wildman–Crippen MR) is 66.3 cm³/mol. The van der Waals surface area contributed by atoms with E-state index in [2.05, 4.69) is 62.3 Å². The van der Waals surface area contributed by atoms with E-state index in [-0.39, 0.29) is 88.7 Å². The molecule has 0 fully saturated rings. The fourth-order valence-electron chi connectivity index (χ4n) is 0. The Labute approximate surface area is 167 Å². The molecule has 0 atom stereocenters. The first-order valence-corrected chi connectivity index (χ1v) is 4.69. The van der Waals surface area contributed by atoms with Crippen molar-refractivity contribution in [3.05, 3.63) is 20.8 Å². The molecule has 0 saturated carbocycles. The van der Waals surface area contributed by atoms with Crippen molar-refractivity contribution in [1.82, 2.24) is 0 Å². The summed E-state index contributed by atoms with van der Waals surface area (Å²) in [5.74, 6) is 1.75. The van der Waals surface area contributed by atoms with E-state index < -0.39 is 0 Å². The third-order valence-electron chi connectivity index (χ3n) is 0. The SMILES string of the molecule is [Al+3].[CH2-]C(C)C.[CH2-]C(C)C.[CH2-]C(C)C.[Cl-].[Cl-].[Cl-].[Cl-].[Ti+3]. The molecular formula is C12H27AlCl4Ti-. The molecule has 1 radical (unpaired) electrons. The van der Waals surface area contributed by atoms with Crippen LogP contribution in [0.3, 0.4) is 0 Å². The Bertz CT molecular complexity index is 52.6. The summed E-state index contributed by atoms with van der Waals surface area (Å²) in [6.45, 7) is 23.2. The predicted octanol–water partition coefficient (Wildman–Crippen LogP) is -7.94. The molecule has 0 amide bonds. The van der Waals surface area contributed by atoms with Gasteiger partial charge in [-0.15, -0.1) is 0 Å². The van der Waals surface area contributed by atoms with Gasteiger partial charge in [0.05, 0.1) is 0 Å². The van der Waals surface area contributed by atoms with Gasteiger partial charge in [-0.2, -0.15) is 17.8 Å². The van der Waals surface area contributed by atoms with Crippen LogP contribution in [0.15, 0.2) is 0 Å². The maximum absolute atomic E-state index is 3.64. The summed E-state index contributed by atoms with van der Waals surface area (Å²) in [5, 5.41) is 0. The molecule has 111 valence electrons. The van der Waals surface area contributed by atoms with Gasteiger partial charge in [0.15, 0.2) is 0 Å². The quantitative estimate of drug-likeness (QED) is 0.286. The molecule has 0 saturated heterocycles. The van der Waals surface area contributed by atoms with Crippen LogP contribution in [0, 0.1) is 38.5 Å². The van der Waals surface area contributed by atoms with Crippen LogP contribution in [0.4, 0.5) is 0 Å². The molecular weight excluding hydrogens is 361 g/mol. The number of halogens is 4. The minimum atomic E-state index is 0. The van der Waals surface area contributed by atoms with Gasteiger partial charge in [-0.3, -0.25) is 0 Å². The molecule has 0 aromatic carbocycles. The average molecular weight is 388 g/mol. The zero-order chi connectivity index (χ0) is 10.7. The fourth-order valence-corrected chi connectivity index (χ4v) is 0. The summed E-state index contributed by atoms with van der Waals surface area (Å²) in [6, 6.07) is 0. The number of hydrogen-bond acceptors (Lipinski definition) is 0. The van der Waals surface area contributed by atoms with Crippen molar-refractivity contribution in [1.29, 1.82) is 0 Å². The Morgan fingerprint density at radius 3 is 0.500 bits per heavy atom. The molecule has 0 aliphatic rings. The van der Waals surface area contributed by atoms with Crippen LogP contribution in [0.5, 0.6) is 0 Å². The second kappa shape index (κ2) is 50.5.